The number of hydrogen-bond acceptors (Lipinski definition) is 4. The third kappa shape index (κ3) is 4.96. The number of amides is 1. The molecule has 0 atom stereocenters. The summed E-state index contributed by atoms with van der Waals surface area (Å²) in [4.78, 5) is 22.5. The number of para-hydroxylation sites is 1. The molecule has 0 aliphatic carbocycles. The van der Waals surface area contributed by atoms with Crippen LogP contribution in [0.3, 0.4) is 0 Å². The number of ether oxygens (including phenoxy) is 1. The Labute approximate surface area is 133 Å². The second-order valence-electron chi connectivity index (χ2n) is 4.79. The number of rotatable bonds is 6. The van der Waals surface area contributed by atoms with Crippen molar-refractivity contribution in [3.63, 3.8) is 0 Å². The first-order valence-electron chi connectivity index (χ1n) is 6.90. The van der Waals surface area contributed by atoms with Gasteiger partial charge in [-0.25, -0.2) is 10.2 Å². The normalized spacial score (nSPS) is 10.5. The monoisotopic (exact) mass is 312 g/mol. The first-order valence-corrected chi connectivity index (χ1v) is 6.90. The lowest BCUT2D eigenvalue weighted by atomic mass is 10.1. The fourth-order valence-corrected chi connectivity index (χ4v) is 1.79. The average molecular weight is 312 g/mol. The Kier molecular flexibility index (Phi) is 5.46. The number of nitrogens with zero attached hydrogens (tertiary/aromatic N) is 1. The van der Waals surface area contributed by atoms with Crippen molar-refractivity contribution in [2.24, 2.45) is 5.10 Å². The number of carbonyl (C=O) groups excluding carboxylic acids is 1. The van der Waals surface area contributed by atoms with Gasteiger partial charge < -0.3 is 9.84 Å². The van der Waals surface area contributed by atoms with Crippen LogP contribution in [0.2, 0.25) is 0 Å². The highest BCUT2D eigenvalue weighted by Crippen LogP contribution is 2.15. The lowest BCUT2D eigenvalue weighted by molar-refractivity contribution is -0.139. The van der Waals surface area contributed by atoms with Crippen molar-refractivity contribution in [2.75, 3.05) is 6.61 Å². The lowest BCUT2D eigenvalue weighted by Crippen LogP contribution is -2.17. The van der Waals surface area contributed by atoms with Gasteiger partial charge in [-0.1, -0.05) is 29.8 Å². The van der Waals surface area contributed by atoms with E-state index in [-0.39, 0.29) is 5.91 Å². The summed E-state index contributed by atoms with van der Waals surface area (Å²) in [6.07, 6.45) is 1.41. The molecule has 0 radical (unpaired) electrons. The Balaban J connectivity index is 2.01. The highest BCUT2D eigenvalue weighted by Gasteiger charge is 2.05. The SMILES string of the molecule is Cc1ccc(C(=O)N/N=C\c2ccccc2OCC(=O)O)cc1. The summed E-state index contributed by atoms with van der Waals surface area (Å²) >= 11 is 0. The highest BCUT2D eigenvalue weighted by atomic mass is 16.5. The van der Waals surface area contributed by atoms with Gasteiger partial charge in [-0.15, -0.1) is 0 Å². The van der Waals surface area contributed by atoms with Crippen LogP contribution < -0.4 is 10.2 Å². The van der Waals surface area contributed by atoms with Gasteiger partial charge in [0, 0.05) is 11.1 Å². The molecular weight excluding hydrogens is 296 g/mol. The summed E-state index contributed by atoms with van der Waals surface area (Å²) in [7, 11) is 0. The van der Waals surface area contributed by atoms with Crippen molar-refractivity contribution in [3.8, 4) is 5.75 Å². The molecule has 0 aliphatic rings. The summed E-state index contributed by atoms with van der Waals surface area (Å²) in [5.41, 5.74) is 4.55. The Bertz CT molecular complexity index is 724. The van der Waals surface area contributed by atoms with E-state index in [1.807, 2.05) is 19.1 Å². The van der Waals surface area contributed by atoms with Gasteiger partial charge in [0.1, 0.15) is 5.75 Å². The summed E-state index contributed by atoms with van der Waals surface area (Å²) < 4.78 is 5.15. The van der Waals surface area contributed by atoms with Crippen LogP contribution in [0.15, 0.2) is 53.6 Å². The number of carboxylic acid groups (broad SMARTS) is 1. The van der Waals surface area contributed by atoms with E-state index >= 15 is 0 Å². The predicted molar refractivity (Wildman–Crippen MR) is 85.8 cm³/mol. The first-order chi connectivity index (χ1) is 11.1. The van der Waals surface area contributed by atoms with Crippen molar-refractivity contribution < 1.29 is 19.4 Å². The molecule has 2 N–H and O–H groups in total. The van der Waals surface area contributed by atoms with Crippen LogP contribution in [-0.4, -0.2) is 29.8 Å². The van der Waals surface area contributed by atoms with E-state index in [1.54, 1.807) is 36.4 Å². The number of nitrogens with one attached hydrogen (secondary N) is 1. The van der Waals surface area contributed by atoms with Gasteiger partial charge in [0.2, 0.25) is 0 Å². The van der Waals surface area contributed by atoms with E-state index in [0.717, 1.165) is 5.56 Å². The van der Waals surface area contributed by atoms with E-state index in [0.29, 0.717) is 16.9 Å². The maximum atomic E-state index is 11.9. The molecule has 23 heavy (non-hydrogen) atoms. The van der Waals surface area contributed by atoms with Crippen LogP contribution in [0, 0.1) is 6.92 Å². The number of aryl methyl sites for hydroxylation is 1. The molecule has 0 fully saturated rings. The molecule has 0 spiro atoms. The van der Waals surface area contributed by atoms with Crippen LogP contribution in [0.25, 0.3) is 0 Å². The van der Waals surface area contributed by atoms with Crippen LogP contribution >= 0.6 is 0 Å². The second kappa shape index (κ2) is 7.74. The van der Waals surface area contributed by atoms with Crippen molar-refractivity contribution in [1.29, 1.82) is 0 Å². The minimum atomic E-state index is -1.07. The fraction of sp³-hybridized carbons (Fsp3) is 0.118. The molecule has 6 heteroatoms. The standard InChI is InChI=1S/C17H16N2O4/c1-12-6-8-13(9-7-12)17(22)19-18-10-14-4-2-3-5-15(14)23-11-16(20)21/h2-10H,11H2,1H3,(H,19,22)(H,20,21)/b18-10-. The molecule has 2 aromatic rings. The number of carbonyl (C=O) groups is 2. The van der Waals surface area contributed by atoms with Gasteiger partial charge in [-0.3, -0.25) is 4.79 Å². The molecule has 0 bridgehead atoms. The second-order valence-corrected chi connectivity index (χ2v) is 4.79. The number of hydrazone groups is 1. The fourth-order valence-electron chi connectivity index (χ4n) is 1.79. The Hall–Kier alpha value is -3.15. The predicted octanol–water partition coefficient (Wildman–Crippen LogP) is 2.22. The maximum Gasteiger partial charge on any atom is 0.341 e. The zero-order chi connectivity index (χ0) is 16.7. The van der Waals surface area contributed by atoms with E-state index in [9.17, 15) is 9.59 Å². The molecule has 118 valence electrons. The van der Waals surface area contributed by atoms with E-state index in [4.69, 9.17) is 9.84 Å². The van der Waals surface area contributed by atoms with E-state index in [2.05, 4.69) is 10.5 Å². The molecule has 0 saturated carbocycles. The van der Waals surface area contributed by atoms with E-state index < -0.39 is 12.6 Å². The number of benzene rings is 2. The molecule has 0 aromatic heterocycles. The molecule has 2 rings (SSSR count). The minimum Gasteiger partial charge on any atom is -0.481 e. The molecule has 0 aliphatic heterocycles. The molecule has 0 unspecified atom stereocenters. The highest BCUT2D eigenvalue weighted by molar-refractivity contribution is 5.95. The topological polar surface area (TPSA) is 88.0 Å². The number of aliphatic carboxylic acids is 1. The first kappa shape index (κ1) is 16.2. The van der Waals surface area contributed by atoms with Gasteiger partial charge in [-0.2, -0.15) is 5.10 Å². The third-order valence-corrected chi connectivity index (χ3v) is 2.95. The summed E-state index contributed by atoms with van der Waals surface area (Å²) in [5, 5.41) is 12.5. The Morgan fingerprint density at radius 1 is 1.17 bits per heavy atom. The quantitative estimate of drug-likeness (QED) is 0.632. The van der Waals surface area contributed by atoms with Crippen molar-refractivity contribution in [1.82, 2.24) is 5.43 Å². The molecular formula is C17H16N2O4. The largest absolute Gasteiger partial charge is 0.481 e. The zero-order valence-corrected chi connectivity index (χ0v) is 12.5. The molecule has 6 nitrogen and oxygen atoms in total. The van der Waals surface area contributed by atoms with Gasteiger partial charge in [0.15, 0.2) is 6.61 Å². The van der Waals surface area contributed by atoms with Gasteiger partial charge in [0.25, 0.3) is 5.91 Å². The van der Waals surface area contributed by atoms with Crippen LogP contribution in [0.4, 0.5) is 0 Å². The van der Waals surface area contributed by atoms with Gasteiger partial charge in [-0.05, 0) is 31.2 Å². The van der Waals surface area contributed by atoms with Crippen LogP contribution in [0.5, 0.6) is 5.75 Å². The maximum absolute atomic E-state index is 11.9. The van der Waals surface area contributed by atoms with E-state index in [1.165, 1.54) is 6.21 Å². The van der Waals surface area contributed by atoms with Crippen molar-refractivity contribution in [3.05, 3.63) is 65.2 Å². The van der Waals surface area contributed by atoms with Gasteiger partial charge in [0.05, 0.1) is 6.21 Å². The van der Waals surface area contributed by atoms with Crippen molar-refractivity contribution in [2.45, 2.75) is 6.92 Å². The molecule has 0 heterocycles. The van der Waals surface area contributed by atoms with Crippen molar-refractivity contribution >= 4 is 18.1 Å². The lowest BCUT2D eigenvalue weighted by Gasteiger charge is -2.06. The zero-order valence-electron chi connectivity index (χ0n) is 12.5. The number of hydrogen-bond donors (Lipinski definition) is 2. The van der Waals surface area contributed by atoms with Gasteiger partial charge >= 0.3 is 5.97 Å². The number of carboxylic acids is 1. The Morgan fingerprint density at radius 2 is 1.87 bits per heavy atom. The average Bonchev–Trinajstić information content (AvgIpc) is 2.54. The van der Waals surface area contributed by atoms with Crippen LogP contribution in [-0.2, 0) is 4.79 Å². The smallest absolute Gasteiger partial charge is 0.341 e. The minimum absolute atomic E-state index is 0.329. The summed E-state index contributed by atoms with van der Waals surface area (Å²) in [6.45, 7) is 1.49. The third-order valence-electron chi connectivity index (χ3n) is 2.95. The molecule has 1 amide bonds. The molecule has 2 aromatic carbocycles. The summed E-state index contributed by atoms with van der Waals surface area (Å²) in [5.74, 6) is -1.02. The Morgan fingerprint density at radius 3 is 2.57 bits per heavy atom. The van der Waals surface area contributed by atoms with Crippen LogP contribution in [0.1, 0.15) is 21.5 Å². The molecule has 0 saturated heterocycles. The summed E-state index contributed by atoms with van der Waals surface area (Å²) in [6, 6.07) is 13.9.